The number of methoxy groups -OCH3 is 1. The number of ether oxygens (including phenoxy) is 1. The first-order valence-electron chi connectivity index (χ1n) is 4.06. The van der Waals surface area contributed by atoms with E-state index in [1.165, 1.54) is 0 Å². The lowest BCUT2D eigenvalue weighted by atomic mass is 10.2. The molecule has 0 radical (unpaired) electrons. The van der Waals surface area contributed by atoms with E-state index < -0.39 is 0 Å². The quantitative estimate of drug-likeness (QED) is 0.720. The van der Waals surface area contributed by atoms with Gasteiger partial charge in [0, 0.05) is 18.9 Å². The summed E-state index contributed by atoms with van der Waals surface area (Å²) in [5.41, 5.74) is 7.62. The summed E-state index contributed by atoms with van der Waals surface area (Å²) in [5.74, 6) is 0.624. The fraction of sp³-hybridized carbons (Fsp3) is 0.222. The van der Waals surface area contributed by atoms with Crippen molar-refractivity contribution < 1.29 is 4.74 Å². The van der Waals surface area contributed by atoms with Gasteiger partial charge in [0.25, 0.3) is 0 Å². The molecule has 2 rings (SSSR count). The van der Waals surface area contributed by atoms with Crippen molar-refractivity contribution in [1.82, 2.24) is 9.97 Å². The number of nitrogens with one attached hydrogen (secondary N) is 1. The van der Waals surface area contributed by atoms with Gasteiger partial charge in [-0.3, -0.25) is 0 Å². The molecule has 2 aromatic rings. The van der Waals surface area contributed by atoms with Gasteiger partial charge in [0.2, 0.25) is 5.88 Å². The van der Waals surface area contributed by atoms with Gasteiger partial charge in [-0.25, -0.2) is 4.98 Å². The third-order valence-electron chi connectivity index (χ3n) is 2.05. The molecule has 0 atom stereocenters. The first kappa shape index (κ1) is 8.07. The highest BCUT2D eigenvalue weighted by molar-refractivity contribution is 5.87. The van der Waals surface area contributed by atoms with Crippen LogP contribution < -0.4 is 10.5 Å². The topological polar surface area (TPSA) is 63.9 Å². The zero-order valence-corrected chi connectivity index (χ0v) is 7.37. The molecule has 0 unspecified atom stereocenters. The Bertz CT molecular complexity index is 422. The van der Waals surface area contributed by atoms with Gasteiger partial charge >= 0.3 is 0 Å². The van der Waals surface area contributed by atoms with Gasteiger partial charge in [0.1, 0.15) is 0 Å². The van der Waals surface area contributed by atoms with Gasteiger partial charge < -0.3 is 15.5 Å². The highest BCUT2D eigenvalue weighted by atomic mass is 16.5. The van der Waals surface area contributed by atoms with Crippen molar-refractivity contribution in [3.8, 4) is 5.88 Å². The Labute approximate surface area is 75.7 Å². The molecule has 4 nitrogen and oxygen atoms in total. The Hall–Kier alpha value is -1.55. The van der Waals surface area contributed by atoms with Gasteiger partial charge in [-0.2, -0.15) is 0 Å². The molecule has 0 saturated carbocycles. The lowest BCUT2D eigenvalue weighted by Gasteiger charge is -2.01. The second-order valence-electron chi connectivity index (χ2n) is 2.76. The molecule has 0 bridgehead atoms. The minimum Gasteiger partial charge on any atom is -0.480 e. The molecule has 0 saturated heterocycles. The Kier molecular flexibility index (Phi) is 1.90. The van der Waals surface area contributed by atoms with E-state index in [2.05, 4.69) is 9.97 Å². The molecule has 68 valence electrons. The lowest BCUT2D eigenvalue weighted by Crippen LogP contribution is -1.96. The zero-order chi connectivity index (χ0) is 9.26. The van der Waals surface area contributed by atoms with Crippen LogP contribution in [-0.2, 0) is 6.54 Å². The molecule has 0 spiro atoms. The minimum absolute atomic E-state index is 0.488. The molecule has 0 aliphatic carbocycles. The predicted molar refractivity (Wildman–Crippen MR) is 50.5 cm³/mol. The summed E-state index contributed by atoms with van der Waals surface area (Å²) in [6, 6.07) is 1.90. The average molecular weight is 177 g/mol. The normalized spacial score (nSPS) is 10.6. The van der Waals surface area contributed by atoms with Gasteiger partial charge in [0.05, 0.1) is 18.0 Å². The van der Waals surface area contributed by atoms with E-state index >= 15 is 0 Å². The van der Waals surface area contributed by atoms with Crippen LogP contribution in [0.5, 0.6) is 5.88 Å². The highest BCUT2D eigenvalue weighted by Crippen LogP contribution is 2.25. The predicted octanol–water partition coefficient (Wildman–Crippen LogP) is 1.03. The molecule has 0 amide bonds. The van der Waals surface area contributed by atoms with Crippen LogP contribution in [0.25, 0.3) is 10.9 Å². The SMILES string of the molecule is COc1nccc2[nH]cc(CN)c12. The molecule has 4 heteroatoms. The highest BCUT2D eigenvalue weighted by Gasteiger charge is 2.07. The maximum absolute atomic E-state index is 5.58. The zero-order valence-electron chi connectivity index (χ0n) is 7.37. The van der Waals surface area contributed by atoms with E-state index in [-0.39, 0.29) is 0 Å². The first-order valence-corrected chi connectivity index (χ1v) is 4.06. The number of hydrogen-bond acceptors (Lipinski definition) is 3. The standard InChI is InChI=1S/C9H11N3O/c1-13-9-8-6(4-10)5-12-7(8)2-3-11-9/h2-3,5,12H,4,10H2,1H3. The number of H-pyrrole nitrogens is 1. The van der Waals surface area contributed by atoms with Crippen LogP contribution in [0.3, 0.4) is 0 Å². The van der Waals surface area contributed by atoms with Crippen molar-refractivity contribution in [2.75, 3.05) is 7.11 Å². The molecule has 2 heterocycles. The van der Waals surface area contributed by atoms with E-state index in [0.29, 0.717) is 12.4 Å². The second kappa shape index (κ2) is 3.06. The number of rotatable bonds is 2. The maximum atomic E-state index is 5.58. The monoisotopic (exact) mass is 177 g/mol. The van der Waals surface area contributed by atoms with Crippen LogP contribution in [0, 0.1) is 0 Å². The van der Waals surface area contributed by atoms with Crippen LogP contribution in [0.15, 0.2) is 18.5 Å². The van der Waals surface area contributed by atoms with Crippen molar-refractivity contribution in [3.63, 3.8) is 0 Å². The van der Waals surface area contributed by atoms with E-state index in [1.54, 1.807) is 13.3 Å². The average Bonchev–Trinajstić information content (AvgIpc) is 2.60. The maximum Gasteiger partial charge on any atom is 0.222 e. The Morgan fingerprint density at radius 1 is 1.62 bits per heavy atom. The van der Waals surface area contributed by atoms with E-state index in [0.717, 1.165) is 16.5 Å². The molecule has 0 aromatic carbocycles. The number of nitrogens with zero attached hydrogens (tertiary/aromatic N) is 1. The van der Waals surface area contributed by atoms with Crippen molar-refractivity contribution >= 4 is 10.9 Å². The summed E-state index contributed by atoms with van der Waals surface area (Å²) in [7, 11) is 1.61. The number of aromatic nitrogens is 2. The van der Waals surface area contributed by atoms with Crippen LogP contribution >= 0.6 is 0 Å². The van der Waals surface area contributed by atoms with Crippen molar-refractivity contribution in [1.29, 1.82) is 0 Å². The molecular formula is C9H11N3O. The van der Waals surface area contributed by atoms with Crippen LogP contribution in [0.1, 0.15) is 5.56 Å². The molecular weight excluding hydrogens is 166 g/mol. The largest absolute Gasteiger partial charge is 0.480 e. The molecule has 0 fully saturated rings. The molecule has 0 aliphatic rings. The fourth-order valence-electron chi connectivity index (χ4n) is 1.43. The second-order valence-corrected chi connectivity index (χ2v) is 2.76. The molecule has 3 N–H and O–H groups in total. The Balaban J connectivity index is 2.76. The molecule has 13 heavy (non-hydrogen) atoms. The Morgan fingerprint density at radius 2 is 2.46 bits per heavy atom. The van der Waals surface area contributed by atoms with Gasteiger partial charge in [0.15, 0.2) is 0 Å². The van der Waals surface area contributed by atoms with Gasteiger partial charge in [-0.05, 0) is 11.6 Å². The van der Waals surface area contributed by atoms with Crippen molar-refractivity contribution in [3.05, 3.63) is 24.0 Å². The summed E-state index contributed by atoms with van der Waals surface area (Å²) in [4.78, 5) is 7.22. The van der Waals surface area contributed by atoms with Crippen molar-refractivity contribution in [2.45, 2.75) is 6.54 Å². The van der Waals surface area contributed by atoms with E-state index in [4.69, 9.17) is 10.5 Å². The number of nitrogens with two attached hydrogens (primary N) is 1. The third kappa shape index (κ3) is 1.15. The molecule has 2 aromatic heterocycles. The van der Waals surface area contributed by atoms with Crippen LogP contribution in [-0.4, -0.2) is 17.1 Å². The number of aromatic amines is 1. The van der Waals surface area contributed by atoms with E-state index in [9.17, 15) is 0 Å². The molecule has 0 aliphatic heterocycles. The summed E-state index contributed by atoms with van der Waals surface area (Å²) in [5, 5.41) is 0.979. The lowest BCUT2D eigenvalue weighted by molar-refractivity contribution is 0.403. The van der Waals surface area contributed by atoms with Crippen LogP contribution in [0.2, 0.25) is 0 Å². The smallest absolute Gasteiger partial charge is 0.222 e. The first-order chi connectivity index (χ1) is 6.36. The fourth-order valence-corrected chi connectivity index (χ4v) is 1.43. The summed E-state index contributed by atoms with van der Waals surface area (Å²) in [6.07, 6.45) is 3.59. The minimum atomic E-state index is 0.488. The summed E-state index contributed by atoms with van der Waals surface area (Å²) < 4.78 is 5.14. The van der Waals surface area contributed by atoms with Gasteiger partial charge in [-0.15, -0.1) is 0 Å². The number of pyridine rings is 1. The number of hydrogen-bond donors (Lipinski definition) is 2. The third-order valence-corrected chi connectivity index (χ3v) is 2.05. The van der Waals surface area contributed by atoms with Crippen LogP contribution in [0.4, 0.5) is 0 Å². The van der Waals surface area contributed by atoms with Crippen molar-refractivity contribution in [2.24, 2.45) is 5.73 Å². The van der Waals surface area contributed by atoms with Gasteiger partial charge in [-0.1, -0.05) is 0 Å². The number of fused-ring (bicyclic) bond motifs is 1. The summed E-state index contributed by atoms with van der Waals surface area (Å²) in [6.45, 7) is 0.488. The Morgan fingerprint density at radius 3 is 3.15 bits per heavy atom. The summed E-state index contributed by atoms with van der Waals surface area (Å²) >= 11 is 0. The van der Waals surface area contributed by atoms with E-state index in [1.807, 2.05) is 12.3 Å².